The molecule has 1 rings (SSSR count). The van der Waals surface area contributed by atoms with E-state index in [2.05, 4.69) is 18.5 Å². The van der Waals surface area contributed by atoms with Crippen LogP contribution in [0.1, 0.15) is 46.5 Å². The minimum atomic E-state index is -0.645. The van der Waals surface area contributed by atoms with Crippen LogP contribution in [0.2, 0.25) is 0 Å². The van der Waals surface area contributed by atoms with Crippen LogP contribution in [0.4, 0.5) is 4.79 Å². The number of ether oxygens (including phenoxy) is 1. The Bertz CT molecular complexity index is 426. The van der Waals surface area contributed by atoms with E-state index in [-0.39, 0.29) is 11.9 Å². The lowest BCUT2D eigenvalue weighted by Crippen LogP contribution is -2.53. The number of carbonyl (C=O) groups excluding carboxylic acids is 2. The summed E-state index contributed by atoms with van der Waals surface area (Å²) >= 11 is 0. The first-order valence-electron chi connectivity index (χ1n) is 7.82. The van der Waals surface area contributed by atoms with Gasteiger partial charge in [0.25, 0.3) is 0 Å². The number of rotatable bonds is 5. The highest BCUT2D eigenvalue weighted by molar-refractivity contribution is 5.86. The summed E-state index contributed by atoms with van der Waals surface area (Å²) in [6.45, 7) is 13.5. The van der Waals surface area contributed by atoms with Crippen molar-refractivity contribution in [2.75, 3.05) is 6.54 Å². The fraction of sp³-hybridized carbons (Fsp3) is 0.647. The van der Waals surface area contributed by atoms with Crippen LogP contribution in [0.15, 0.2) is 25.3 Å². The lowest BCUT2D eigenvalue weighted by Gasteiger charge is -2.36. The zero-order chi connectivity index (χ0) is 16.8. The van der Waals surface area contributed by atoms with Crippen molar-refractivity contribution in [3.05, 3.63) is 25.3 Å². The number of nitrogens with zero attached hydrogens (tertiary/aromatic N) is 1. The molecule has 1 saturated heterocycles. The lowest BCUT2D eigenvalue weighted by molar-refractivity contribution is -0.136. The maximum Gasteiger partial charge on any atom is 0.408 e. The Balaban J connectivity index is 2.76. The van der Waals surface area contributed by atoms with Crippen molar-refractivity contribution >= 4 is 12.0 Å². The normalized spacial score (nSPS) is 20.0. The van der Waals surface area contributed by atoms with Crippen LogP contribution in [0.5, 0.6) is 0 Å². The van der Waals surface area contributed by atoms with Gasteiger partial charge in [0.2, 0.25) is 5.91 Å². The Hall–Kier alpha value is -1.78. The molecule has 22 heavy (non-hydrogen) atoms. The van der Waals surface area contributed by atoms with E-state index in [9.17, 15) is 9.59 Å². The molecule has 2 amide bonds. The number of amides is 2. The summed E-state index contributed by atoms with van der Waals surface area (Å²) in [5.41, 5.74) is -0.597. The maximum absolute atomic E-state index is 12.7. The van der Waals surface area contributed by atoms with E-state index < -0.39 is 17.7 Å². The van der Waals surface area contributed by atoms with Crippen molar-refractivity contribution < 1.29 is 14.3 Å². The number of hydrogen-bond acceptors (Lipinski definition) is 3. The zero-order valence-electron chi connectivity index (χ0n) is 13.9. The van der Waals surface area contributed by atoms with Crippen LogP contribution in [-0.2, 0) is 9.53 Å². The third-order valence-electron chi connectivity index (χ3n) is 3.50. The molecule has 5 heteroatoms. The predicted molar refractivity (Wildman–Crippen MR) is 87.5 cm³/mol. The van der Waals surface area contributed by atoms with Gasteiger partial charge in [-0.1, -0.05) is 12.2 Å². The average molecular weight is 308 g/mol. The second kappa shape index (κ2) is 8.01. The molecule has 0 bridgehead atoms. The first kappa shape index (κ1) is 18.3. The third-order valence-corrected chi connectivity index (χ3v) is 3.50. The van der Waals surface area contributed by atoms with Crippen LogP contribution in [0.3, 0.4) is 0 Å². The van der Waals surface area contributed by atoms with Gasteiger partial charge in [0.15, 0.2) is 0 Å². The average Bonchev–Trinajstić information content (AvgIpc) is 2.44. The van der Waals surface area contributed by atoms with Gasteiger partial charge in [0.1, 0.15) is 11.6 Å². The van der Waals surface area contributed by atoms with Crippen LogP contribution >= 0.6 is 0 Å². The molecule has 1 aliphatic heterocycles. The van der Waals surface area contributed by atoms with Crippen LogP contribution < -0.4 is 5.32 Å². The molecule has 0 radical (unpaired) electrons. The van der Waals surface area contributed by atoms with E-state index in [1.807, 2.05) is 0 Å². The molecule has 0 spiro atoms. The van der Waals surface area contributed by atoms with E-state index >= 15 is 0 Å². The molecule has 0 aromatic heterocycles. The van der Waals surface area contributed by atoms with Crippen LogP contribution in [-0.4, -0.2) is 41.1 Å². The summed E-state index contributed by atoms with van der Waals surface area (Å²) in [5.74, 6) is -0.102. The molecule has 1 fully saturated rings. The van der Waals surface area contributed by atoms with Gasteiger partial charge in [-0.2, -0.15) is 0 Å². The monoisotopic (exact) mass is 308 g/mol. The highest BCUT2D eigenvalue weighted by Gasteiger charge is 2.31. The first-order valence-corrected chi connectivity index (χ1v) is 7.82. The van der Waals surface area contributed by atoms with Crippen molar-refractivity contribution in [3.8, 4) is 0 Å². The Morgan fingerprint density at radius 3 is 2.59 bits per heavy atom. The van der Waals surface area contributed by atoms with Gasteiger partial charge in [0, 0.05) is 12.6 Å². The third kappa shape index (κ3) is 5.54. The summed E-state index contributed by atoms with van der Waals surface area (Å²) in [5, 5.41) is 2.66. The molecule has 0 aromatic carbocycles. The van der Waals surface area contributed by atoms with E-state index in [4.69, 9.17) is 4.74 Å². The van der Waals surface area contributed by atoms with E-state index in [0.29, 0.717) is 13.0 Å². The fourth-order valence-electron chi connectivity index (χ4n) is 2.51. The molecule has 5 nitrogen and oxygen atoms in total. The highest BCUT2D eigenvalue weighted by atomic mass is 16.6. The van der Waals surface area contributed by atoms with Crippen molar-refractivity contribution in [1.82, 2.24) is 10.2 Å². The molecule has 1 aliphatic rings. The molecule has 0 aromatic rings. The molecular weight excluding hydrogens is 280 g/mol. The Labute approximate surface area is 133 Å². The van der Waals surface area contributed by atoms with Crippen molar-refractivity contribution in [1.29, 1.82) is 0 Å². The summed E-state index contributed by atoms with van der Waals surface area (Å²) in [6, 6.07) is -0.609. The summed E-state index contributed by atoms with van der Waals surface area (Å²) in [7, 11) is 0. The number of nitrogens with one attached hydrogen (secondary N) is 1. The number of piperidine rings is 1. The largest absolute Gasteiger partial charge is 0.444 e. The van der Waals surface area contributed by atoms with Crippen molar-refractivity contribution in [3.63, 3.8) is 0 Å². The summed E-state index contributed by atoms with van der Waals surface area (Å²) < 4.78 is 5.23. The van der Waals surface area contributed by atoms with Gasteiger partial charge in [0.05, 0.1) is 0 Å². The second-order valence-electron chi connectivity index (χ2n) is 6.55. The van der Waals surface area contributed by atoms with E-state index in [1.54, 1.807) is 37.8 Å². The molecule has 0 unspecified atom stereocenters. The van der Waals surface area contributed by atoms with Crippen molar-refractivity contribution in [2.24, 2.45) is 0 Å². The van der Waals surface area contributed by atoms with Gasteiger partial charge in [-0.15, -0.1) is 13.2 Å². The predicted octanol–water partition coefficient (Wildman–Crippen LogP) is 3.02. The minimum Gasteiger partial charge on any atom is -0.444 e. The molecule has 0 saturated carbocycles. The Morgan fingerprint density at radius 2 is 2.05 bits per heavy atom. The molecule has 124 valence electrons. The number of likely N-dealkylation sites (tertiary alicyclic amines) is 1. The standard InChI is InChI=1S/C17H28N2O3/c1-6-10-14(18-16(21)22-17(3,4)5)15(20)19-12-9-8-11-13(19)7-2/h6-7,13-14H,1-2,8-12H2,3-5H3,(H,18,21)/t13-,14-/m0/s1. The van der Waals surface area contributed by atoms with E-state index in [1.165, 1.54) is 0 Å². The van der Waals surface area contributed by atoms with Gasteiger partial charge in [-0.05, 0) is 46.5 Å². The van der Waals surface area contributed by atoms with Gasteiger partial charge >= 0.3 is 6.09 Å². The quantitative estimate of drug-likeness (QED) is 0.794. The molecule has 1 N–H and O–H groups in total. The van der Waals surface area contributed by atoms with Crippen LogP contribution in [0.25, 0.3) is 0 Å². The second-order valence-corrected chi connectivity index (χ2v) is 6.55. The molecule has 2 atom stereocenters. The summed E-state index contributed by atoms with van der Waals surface area (Å²) in [4.78, 5) is 26.4. The van der Waals surface area contributed by atoms with Gasteiger partial charge in [-0.25, -0.2) is 4.79 Å². The number of alkyl carbamates (subject to hydrolysis) is 1. The fourth-order valence-corrected chi connectivity index (χ4v) is 2.51. The van der Waals surface area contributed by atoms with Gasteiger partial charge < -0.3 is 15.0 Å². The summed E-state index contributed by atoms with van der Waals surface area (Å²) in [6.07, 6.45) is 6.21. The van der Waals surface area contributed by atoms with Crippen LogP contribution in [0, 0.1) is 0 Å². The topological polar surface area (TPSA) is 58.6 Å². The van der Waals surface area contributed by atoms with Crippen molar-refractivity contribution in [2.45, 2.75) is 64.1 Å². The lowest BCUT2D eigenvalue weighted by atomic mass is 10.0. The smallest absolute Gasteiger partial charge is 0.408 e. The van der Waals surface area contributed by atoms with E-state index in [0.717, 1.165) is 19.3 Å². The molecule has 1 heterocycles. The molecule has 0 aliphatic carbocycles. The Kier molecular flexibility index (Phi) is 6.65. The molecular formula is C17H28N2O3. The Morgan fingerprint density at radius 1 is 1.36 bits per heavy atom. The highest BCUT2D eigenvalue weighted by Crippen LogP contribution is 2.19. The maximum atomic E-state index is 12.7. The minimum absolute atomic E-state index is 0.0361. The van der Waals surface area contributed by atoms with Gasteiger partial charge in [-0.3, -0.25) is 4.79 Å². The zero-order valence-corrected chi connectivity index (χ0v) is 13.9. The number of carbonyl (C=O) groups is 2. The SMILES string of the molecule is C=CC[C@H](NC(=O)OC(C)(C)C)C(=O)N1CCCC[C@@H]1C=C. The number of hydrogen-bond donors (Lipinski definition) is 1. The first-order chi connectivity index (χ1) is 10.3.